The zero-order valence-electron chi connectivity index (χ0n) is 28.0. The van der Waals surface area contributed by atoms with E-state index in [9.17, 15) is 10.1 Å². The van der Waals surface area contributed by atoms with Crippen LogP contribution in [0.15, 0.2) is 97.1 Å². The van der Waals surface area contributed by atoms with Crippen molar-refractivity contribution in [3.63, 3.8) is 0 Å². The number of nitrogens with zero attached hydrogens (tertiary/aromatic N) is 1. The molecule has 4 aliphatic heterocycles. The van der Waals surface area contributed by atoms with Crippen LogP contribution in [0, 0.1) is 10.1 Å². The summed E-state index contributed by atoms with van der Waals surface area (Å²) in [4.78, 5) is 10.3. The van der Waals surface area contributed by atoms with Crippen LogP contribution in [-0.4, -0.2) is 80.2 Å². The average molecular weight is 754 g/mol. The van der Waals surface area contributed by atoms with Gasteiger partial charge in [0, 0.05) is 17.8 Å². The van der Waals surface area contributed by atoms with Crippen LogP contribution in [0.2, 0.25) is 10.0 Å². The standard InChI is InChI=1S/C19H18ClNO6.C19H20ClNO4/c20-14-8-13(21(22)23)6-7-15(14)27-17-11-26-18-16(10-25-19(17)18)24-9-12-4-2-1-3-5-12;20-14-8-13(21)6-7-15(14)25-17-11-24-18-16(10-23-19(17)18)22-9-12-4-2-1-3-5-12/h1-8,16-19H,9-11H2;1-8,16-19H,9-11,21H2/t2*16-,17-,18+,19+/m00/s1. The van der Waals surface area contributed by atoms with Crippen molar-refractivity contribution in [2.45, 2.75) is 62.0 Å². The highest BCUT2D eigenvalue weighted by atomic mass is 35.5. The van der Waals surface area contributed by atoms with Crippen LogP contribution < -0.4 is 15.2 Å². The first-order valence-electron chi connectivity index (χ1n) is 16.9. The van der Waals surface area contributed by atoms with E-state index < -0.39 is 4.92 Å². The molecule has 8 atom stereocenters. The zero-order chi connectivity index (χ0) is 36.0. The molecule has 52 heavy (non-hydrogen) atoms. The van der Waals surface area contributed by atoms with Crippen molar-refractivity contribution in [2.75, 3.05) is 32.2 Å². The number of benzene rings is 4. The topological polar surface area (TPSA) is 143 Å². The molecular weight excluding hydrogens is 715 g/mol. The molecular formula is C38H38Cl2N2O10. The third-order valence-corrected chi connectivity index (χ3v) is 9.77. The van der Waals surface area contributed by atoms with Gasteiger partial charge in [-0.1, -0.05) is 83.9 Å². The number of non-ortho nitro benzene ring substituents is 1. The average Bonchev–Trinajstić information content (AvgIpc) is 3.94. The number of nitro groups is 1. The lowest BCUT2D eigenvalue weighted by Gasteiger charge is -2.19. The van der Waals surface area contributed by atoms with Gasteiger partial charge >= 0.3 is 0 Å². The molecule has 12 nitrogen and oxygen atoms in total. The van der Waals surface area contributed by atoms with Crippen molar-refractivity contribution in [3.8, 4) is 11.5 Å². The van der Waals surface area contributed by atoms with Gasteiger partial charge in [0.15, 0.2) is 12.2 Å². The maximum absolute atomic E-state index is 10.8. The van der Waals surface area contributed by atoms with Gasteiger partial charge in [0.1, 0.15) is 48.1 Å². The van der Waals surface area contributed by atoms with Crippen LogP contribution in [0.5, 0.6) is 11.5 Å². The van der Waals surface area contributed by atoms with Crippen LogP contribution in [0.4, 0.5) is 11.4 Å². The van der Waals surface area contributed by atoms with Crippen molar-refractivity contribution in [3.05, 3.63) is 128 Å². The van der Waals surface area contributed by atoms with Crippen molar-refractivity contribution < 1.29 is 42.8 Å². The fraction of sp³-hybridized carbons (Fsp3) is 0.368. The summed E-state index contributed by atoms with van der Waals surface area (Å²) >= 11 is 12.3. The van der Waals surface area contributed by atoms with Gasteiger partial charge in [-0.3, -0.25) is 10.1 Å². The van der Waals surface area contributed by atoms with E-state index in [2.05, 4.69) is 0 Å². The molecule has 4 aromatic carbocycles. The number of nitro benzene ring substituents is 1. The van der Waals surface area contributed by atoms with E-state index in [4.69, 9.17) is 66.8 Å². The highest BCUT2D eigenvalue weighted by molar-refractivity contribution is 6.32. The van der Waals surface area contributed by atoms with E-state index >= 15 is 0 Å². The van der Waals surface area contributed by atoms with Crippen LogP contribution in [-0.2, 0) is 41.6 Å². The third kappa shape index (κ3) is 8.62. The summed E-state index contributed by atoms with van der Waals surface area (Å²) in [6.45, 7) is 2.74. The molecule has 4 aliphatic rings. The van der Waals surface area contributed by atoms with E-state index in [0.717, 1.165) is 11.1 Å². The monoisotopic (exact) mass is 752 g/mol. The summed E-state index contributed by atoms with van der Waals surface area (Å²) < 4.78 is 47.3. The molecule has 8 rings (SSSR count). The first kappa shape index (κ1) is 36.4. The fourth-order valence-corrected chi connectivity index (χ4v) is 6.99. The number of ether oxygens (including phenoxy) is 8. The third-order valence-electron chi connectivity index (χ3n) is 9.18. The van der Waals surface area contributed by atoms with Crippen molar-refractivity contribution in [1.29, 1.82) is 0 Å². The van der Waals surface area contributed by atoms with Gasteiger partial charge in [0.2, 0.25) is 0 Å². The molecule has 274 valence electrons. The summed E-state index contributed by atoms with van der Waals surface area (Å²) in [7, 11) is 0. The Labute approximate surface area is 310 Å². The van der Waals surface area contributed by atoms with Crippen LogP contribution in [0.1, 0.15) is 11.1 Å². The Balaban J connectivity index is 0.000000162. The highest BCUT2D eigenvalue weighted by Gasteiger charge is 2.50. The SMILES string of the molecule is Nc1ccc(O[C@H]2CO[C@H]3[C@@H]2OC[C@@H]3OCc2ccccc2)c(Cl)c1.O=[N+]([O-])c1ccc(O[C@H]2CO[C@H]3[C@@H]2OC[C@@H]3OCc2ccccc2)c(Cl)c1. The van der Waals surface area contributed by atoms with E-state index in [1.807, 2.05) is 60.7 Å². The minimum Gasteiger partial charge on any atom is -0.484 e. The summed E-state index contributed by atoms with van der Waals surface area (Å²) in [6.07, 6.45) is -1.59. The van der Waals surface area contributed by atoms with Gasteiger partial charge in [-0.2, -0.15) is 0 Å². The summed E-state index contributed by atoms with van der Waals surface area (Å²) in [5.41, 5.74) is 8.45. The van der Waals surface area contributed by atoms with Gasteiger partial charge in [-0.05, 0) is 35.4 Å². The Kier molecular flexibility index (Phi) is 11.7. The lowest BCUT2D eigenvalue weighted by molar-refractivity contribution is -0.384. The summed E-state index contributed by atoms with van der Waals surface area (Å²) in [5.74, 6) is 0.955. The van der Waals surface area contributed by atoms with Gasteiger partial charge in [0.05, 0.1) is 54.6 Å². The summed E-state index contributed by atoms with van der Waals surface area (Å²) in [6, 6.07) is 29.3. The molecule has 0 radical (unpaired) electrons. The zero-order valence-corrected chi connectivity index (χ0v) is 29.5. The molecule has 4 aromatic rings. The van der Waals surface area contributed by atoms with Crippen molar-refractivity contribution >= 4 is 34.6 Å². The molecule has 4 fully saturated rings. The Morgan fingerprint density at radius 1 is 0.615 bits per heavy atom. The van der Waals surface area contributed by atoms with Gasteiger partial charge < -0.3 is 43.6 Å². The van der Waals surface area contributed by atoms with E-state index in [-0.39, 0.29) is 59.5 Å². The largest absolute Gasteiger partial charge is 0.484 e. The molecule has 0 unspecified atom stereocenters. The lowest BCUT2D eigenvalue weighted by Crippen LogP contribution is -2.35. The van der Waals surface area contributed by atoms with E-state index in [1.54, 1.807) is 18.2 Å². The second-order valence-corrected chi connectivity index (χ2v) is 13.6. The normalized spacial score (nSPS) is 27.3. The molecule has 4 saturated heterocycles. The maximum Gasteiger partial charge on any atom is 0.271 e. The molecule has 14 heteroatoms. The summed E-state index contributed by atoms with van der Waals surface area (Å²) in [5, 5.41) is 11.5. The van der Waals surface area contributed by atoms with Crippen LogP contribution in [0.25, 0.3) is 0 Å². The Hall–Kier alpha value is -3.98. The number of hydrogen-bond donors (Lipinski definition) is 1. The van der Waals surface area contributed by atoms with E-state index in [1.165, 1.54) is 18.2 Å². The first-order chi connectivity index (χ1) is 25.3. The number of fused-ring (bicyclic) bond motifs is 2. The number of rotatable bonds is 11. The molecule has 2 N–H and O–H groups in total. The number of anilines is 1. The first-order valence-corrected chi connectivity index (χ1v) is 17.7. The number of nitrogens with two attached hydrogens (primary N) is 1. The molecule has 0 amide bonds. The van der Waals surface area contributed by atoms with Crippen molar-refractivity contribution in [2.24, 2.45) is 0 Å². The van der Waals surface area contributed by atoms with Crippen LogP contribution >= 0.6 is 23.2 Å². The smallest absolute Gasteiger partial charge is 0.271 e. The van der Waals surface area contributed by atoms with Crippen molar-refractivity contribution in [1.82, 2.24) is 0 Å². The fourth-order valence-electron chi connectivity index (χ4n) is 6.54. The Morgan fingerprint density at radius 2 is 1.04 bits per heavy atom. The van der Waals surface area contributed by atoms with Crippen LogP contribution in [0.3, 0.4) is 0 Å². The van der Waals surface area contributed by atoms with E-state index in [0.29, 0.717) is 61.9 Å². The Morgan fingerprint density at radius 3 is 1.48 bits per heavy atom. The second kappa shape index (κ2) is 16.8. The molecule has 0 saturated carbocycles. The predicted octanol–water partition coefficient (Wildman–Crippen LogP) is 6.43. The minimum absolute atomic E-state index is 0.0839. The van der Waals surface area contributed by atoms with Gasteiger partial charge in [0.25, 0.3) is 5.69 Å². The minimum atomic E-state index is -0.501. The molecule has 4 heterocycles. The number of hydrogen-bond acceptors (Lipinski definition) is 11. The highest BCUT2D eigenvalue weighted by Crippen LogP contribution is 2.36. The molecule has 0 spiro atoms. The molecule has 0 bridgehead atoms. The molecule has 0 aromatic heterocycles. The number of nitrogen functional groups attached to an aromatic ring is 1. The quantitative estimate of drug-likeness (QED) is 0.103. The lowest BCUT2D eigenvalue weighted by atomic mass is 10.1. The van der Waals surface area contributed by atoms with Gasteiger partial charge in [-0.25, -0.2) is 0 Å². The predicted molar refractivity (Wildman–Crippen MR) is 192 cm³/mol. The number of halogens is 2. The Bertz CT molecular complexity index is 1810. The maximum atomic E-state index is 10.8. The molecule has 0 aliphatic carbocycles. The second-order valence-electron chi connectivity index (χ2n) is 12.7. The van der Waals surface area contributed by atoms with Gasteiger partial charge in [-0.15, -0.1) is 0 Å².